The van der Waals surface area contributed by atoms with E-state index in [0.717, 1.165) is 55.9 Å². The summed E-state index contributed by atoms with van der Waals surface area (Å²) in [5.74, 6) is 0.0634. The summed E-state index contributed by atoms with van der Waals surface area (Å²) in [4.78, 5) is 31.9. The van der Waals surface area contributed by atoms with E-state index in [1.807, 2.05) is 29.2 Å². The van der Waals surface area contributed by atoms with Crippen molar-refractivity contribution >= 4 is 29.1 Å². The summed E-state index contributed by atoms with van der Waals surface area (Å²) in [7, 11) is 4.35. The van der Waals surface area contributed by atoms with Gasteiger partial charge < -0.3 is 20.0 Å². The van der Waals surface area contributed by atoms with Crippen LogP contribution in [0.15, 0.2) is 48.5 Å². The Hall–Kier alpha value is -2.57. The molecule has 0 unspecified atom stereocenters. The van der Waals surface area contributed by atoms with Gasteiger partial charge in [0.1, 0.15) is 0 Å². The smallest absolute Gasteiger partial charge is 0.223 e. The quantitative estimate of drug-likeness (QED) is 0.545. The second-order valence-electron chi connectivity index (χ2n) is 11.0. The van der Waals surface area contributed by atoms with Gasteiger partial charge in [0.25, 0.3) is 0 Å². The number of carbonyl (C=O) groups is 2. The zero-order valence-electron chi connectivity index (χ0n) is 22.5. The Kier molecular flexibility index (Phi) is 9.14. The van der Waals surface area contributed by atoms with Crippen molar-refractivity contribution in [2.45, 2.75) is 63.5 Å². The van der Waals surface area contributed by atoms with Gasteiger partial charge in [0, 0.05) is 61.3 Å². The Labute approximate surface area is 227 Å². The van der Waals surface area contributed by atoms with Gasteiger partial charge >= 0.3 is 0 Å². The standard InChI is InChI=1S/C30H41ClN4O2/c1-23-5-4-6-24(21-23)22-30(33(2)3)15-13-26(14-16-30)32-28(36)11-12-29(37)35-19-17-34(18-20-35)27-9-7-25(31)8-10-27/h4-10,21,26H,11-20,22H2,1-3H3,(H,32,36). The lowest BCUT2D eigenvalue weighted by Crippen LogP contribution is -2.52. The molecule has 0 aromatic heterocycles. The molecule has 2 aromatic rings. The number of nitrogens with one attached hydrogen (secondary N) is 1. The average molecular weight is 525 g/mol. The predicted octanol–water partition coefficient (Wildman–Crippen LogP) is 4.68. The number of hydrogen-bond donors (Lipinski definition) is 1. The Bertz CT molecular complexity index is 1060. The summed E-state index contributed by atoms with van der Waals surface area (Å²) >= 11 is 5.99. The van der Waals surface area contributed by atoms with Crippen LogP contribution in [0.3, 0.4) is 0 Å². The molecule has 1 heterocycles. The van der Waals surface area contributed by atoms with Gasteiger partial charge in [-0.2, -0.15) is 0 Å². The van der Waals surface area contributed by atoms with Gasteiger partial charge in [-0.3, -0.25) is 9.59 Å². The summed E-state index contributed by atoms with van der Waals surface area (Å²) in [6.45, 7) is 5.08. The first-order valence-electron chi connectivity index (χ1n) is 13.5. The number of carbonyl (C=O) groups excluding carboxylic acids is 2. The average Bonchev–Trinajstić information content (AvgIpc) is 2.89. The van der Waals surface area contributed by atoms with Crippen LogP contribution in [-0.2, 0) is 16.0 Å². The van der Waals surface area contributed by atoms with Crippen LogP contribution in [0.2, 0.25) is 5.02 Å². The Morgan fingerprint density at radius 3 is 2.30 bits per heavy atom. The van der Waals surface area contributed by atoms with Crippen LogP contribution in [0.25, 0.3) is 0 Å². The van der Waals surface area contributed by atoms with Gasteiger partial charge in [-0.1, -0.05) is 41.4 Å². The van der Waals surface area contributed by atoms with Crippen LogP contribution in [0, 0.1) is 6.92 Å². The third-order valence-electron chi connectivity index (χ3n) is 8.24. The maximum absolute atomic E-state index is 12.7. The molecule has 7 heteroatoms. The molecule has 2 aliphatic rings. The fourth-order valence-electron chi connectivity index (χ4n) is 5.83. The molecule has 1 saturated carbocycles. The molecule has 1 aliphatic carbocycles. The van der Waals surface area contributed by atoms with Gasteiger partial charge in [-0.15, -0.1) is 0 Å². The SMILES string of the molecule is Cc1cccc(CC2(N(C)C)CCC(NC(=O)CCC(=O)N3CCN(c4ccc(Cl)cc4)CC3)CC2)c1. The van der Waals surface area contributed by atoms with Crippen molar-refractivity contribution in [1.29, 1.82) is 0 Å². The summed E-state index contributed by atoms with van der Waals surface area (Å²) in [5.41, 5.74) is 3.92. The lowest BCUT2D eigenvalue weighted by atomic mass is 9.74. The number of amides is 2. The first-order valence-corrected chi connectivity index (χ1v) is 13.9. The molecule has 0 atom stereocenters. The van der Waals surface area contributed by atoms with Crippen molar-refractivity contribution in [3.63, 3.8) is 0 Å². The molecule has 2 amide bonds. The molecule has 0 radical (unpaired) electrons. The highest BCUT2D eigenvalue weighted by Crippen LogP contribution is 2.35. The van der Waals surface area contributed by atoms with E-state index in [9.17, 15) is 9.59 Å². The zero-order chi connectivity index (χ0) is 26.4. The number of aryl methyl sites for hydroxylation is 1. The Morgan fingerprint density at radius 2 is 1.68 bits per heavy atom. The van der Waals surface area contributed by atoms with E-state index in [0.29, 0.717) is 13.1 Å². The molecule has 1 saturated heterocycles. The lowest BCUT2D eigenvalue weighted by molar-refractivity contribution is -0.134. The number of rotatable bonds is 8. The number of hydrogen-bond acceptors (Lipinski definition) is 4. The van der Waals surface area contributed by atoms with E-state index >= 15 is 0 Å². The van der Waals surface area contributed by atoms with Gasteiger partial charge in [-0.25, -0.2) is 0 Å². The van der Waals surface area contributed by atoms with Gasteiger partial charge in [0.05, 0.1) is 0 Å². The van der Waals surface area contributed by atoms with E-state index < -0.39 is 0 Å². The monoisotopic (exact) mass is 524 g/mol. The minimum Gasteiger partial charge on any atom is -0.368 e. The predicted molar refractivity (Wildman–Crippen MR) is 151 cm³/mol. The van der Waals surface area contributed by atoms with E-state index in [4.69, 9.17) is 11.6 Å². The first kappa shape index (κ1) is 27.5. The molecule has 4 rings (SSSR count). The Balaban J connectivity index is 1.19. The third kappa shape index (κ3) is 7.26. The minimum atomic E-state index is -0.00538. The van der Waals surface area contributed by atoms with E-state index in [2.05, 4.69) is 60.4 Å². The van der Waals surface area contributed by atoms with Crippen molar-refractivity contribution in [3.05, 3.63) is 64.7 Å². The van der Waals surface area contributed by atoms with E-state index in [1.165, 1.54) is 11.1 Å². The number of likely N-dealkylation sites (N-methyl/N-ethyl adjacent to an activating group) is 1. The van der Waals surface area contributed by atoms with Crippen LogP contribution < -0.4 is 10.2 Å². The maximum Gasteiger partial charge on any atom is 0.223 e. The second-order valence-corrected chi connectivity index (χ2v) is 11.4. The lowest BCUT2D eigenvalue weighted by Gasteiger charge is -2.45. The van der Waals surface area contributed by atoms with Crippen LogP contribution >= 0.6 is 11.6 Å². The summed E-state index contributed by atoms with van der Waals surface area (Å²) < 4.78 is 0. The zero-order valence-corrected chi connectivity index (χ0v) is 23.3. The topological polar surface area (TPSA) is 55.9 Å². The molecule has 0 spiro atoms. The van der Waals surface area contributed by atoms with Crippen molar-refractivity contribution in [2.24, 2.45) is 0 Å². The van der Waals surface area contributed by atoms with Crippen molar-refractivity contribution < 1.29 is 9.59 Å². The summed E-state index contributed by atoms with van der Waals surface area (Å²) in [5, 5.41) is 3.94. The third-order valence-corrected chi connectivity index (χ3v) is 8.49. The molecule has 6 nitrogen and oxygen atoms in total. The number of nitrogens with zero attached hydrogens (tertiary/aromatic N) is 3. The molecule has 2 aromatic carbocycles. The molecular weight excluding hydrogens is 484 g/mol. The highest BCUT2D eigenvalue weighted by atomic mass is 35.5. The normalized spacial score (nSPS) is 22.2. The molecule has 1 N–H and O–H groups in total. The van der Waals surface area contributed by atoms with Crippen LogP contribution in [-0.4, -0.2) is 73.5 Å². The highest BCUT2D eigenvalue weighted by Gasteiger charge is 2.37. The van der Waals surface area contributed by atoms with Crippen molar-refractivity contribution in [3.8, 4) is 0 Å². The van der Waals surface area contributed by atoms with Gasteiger partial charge in [0.15, 0.2) is 0 Å². The highest BCUT2D eigenvalue weighted by molar-refractivity contribution is 6.30. The van der Waals surface area contributed by atoms with Crippen LogP contribution in [0.1, 0.15) is 49.7 Å². The van der Waals surface area contributed by atoms with Crippen molar-refractivity contribution in [2.75, 3.05) is 45.2 Å². The molecule has 2 fully saturated rings. The van der Waals surface area contributed by atoms with Crippen molar-refractivity contribution in [1.82, 2.24) is 15.1 Å². The maximum atomic E-state index is 12.7. The van der Waals surface area contributed by atoms with Crippen LogP contribution in [0.4, 0.5) is 5.69 Å². The van der Waals surface area contributed by atoms with Crippen LogP contribution in [0.5, 0.6) is 0 Å². The summed E-state index contributed by atoms with van der Waals surface area (Å²) in [6, 6.07) is 16.8. The van der Waals surface area contributed by atoms with Gasteiger partial charge in [-0.05, 0) is 83.0 Å². The fourth-order valence-corrected chi connectivity index (χ4v) is 5.95. The number of piperazine rings is 1. The van der Waals surface area contributed by atoms with Gasteiger partial charge in [0.2, 0.25) is 11.8 Å². The molecular formula is C30H41ClN4O2. The molecule has 1 aliphatic heterocycles. The molecule has 37 heavy (non-hydrogen) atoms. The Morgan fingerprint density at radius 1 is 1.00 bits per heavy atom. The number of benzene rings is 2. The fraction of sp³-hybridized carbons (Fsp3) is 0.533. The molecule has 200 valence electrons. The molecule has 0 bridgehead atoms. The first-order chi connectivity index (χ1) is 17.7. The second kappa shape index (κ2) is 12.3. The van der Waals surface area contributed by atoms with E-state index in [1.54, 1.807) is 0 Å². The number of anilines is 1. The minimum absolute atomic E-state index is 0.00538. The summed E-state index contributed by atoms with van der Waals surface area (Å²) in [6.07, 6.45) is 5.60. The number of halogens is 1. The largest absolute Gasteiger partial charge is 0.368 e. The van der Waals surface area contributed by atoms with E-state index in [-0.39, 0.29) is 36.2 Å².